The predicted molar refractivity (Wildman–Crippen MR) is 274 cm³/mol. The summed E-state index contributed by atoms with van der Waals surface area (Å²) in [4.78, 5) is 63.8. The van der Waals surface area contributed by atoms with E-state index in [1.54, 1.807) is 23.2 Å². The average molecular weight is 971 g/mol. The Morgan fingerprint density at radius 2 is 1.65 bits per heavy atom. The van der Waals surface area contributed by atoms with Gasteiger partial charge in [-0.25, -0.2) is 14.4 Å². The molecule has 6 aliphatic heterocycles. The number of carbonyl (C=O) groups excluding carboxylic acids is 3. The lowest BCUT2D eigenvalue weighted by Crippen LogP contribution is -2.53. The van der Waals surface area contributed by atoms with Crippen molar-refractivity contribution in [2.45, 2.75) is 102 Å². The summed E-state index contributed by atoms with van der Waals surface area (Å²) in [5, 5.41) is 19.2. The van der Waals surface area contributed by atoms with Gasteiger partial charge in [0.25, 0.3) is 5.91 Å². The van der Waals surface area contributed by atoms with Crippen molar-refractivity contribution >= 4 is 50.9 Å². The standard InChI is InChI=1S/C57H63FN10O4/c1-2-36-4-3-5-37-25-42(69)26-44(49(36)37)51-50(58)52-45(29-59-51)53(67-32-39-6-7-40(33-67)60-39)62-47(61-52)12-13-56(14-15-56)34-65-18-16-57(17-19-65)27-35(28-57)30-64-20-22-66(23-21-64)41-8-9-43-38(24-41)31-68(55(43)72)46-10-11-48(70)63-54(46)71/h3-5,8-9,24-26,29,35,39-40,46,60,69H,2,6-7,10-11,14-23,27-28,30-34H2,1H3,(H,63,70,71)/t39?,40?,46-/m0/s1. The molecule has 15 heteroatoms. The molecule has 5 aromatic rings. The Kier molecular flexibility index (Phi) is 11.3. The Hall–Kier alpha value is -6.21. The minimum Gasteiger partial charge on any atom is -0.508 e. The van der Waals surface area contributed by atoms with Crippen LogP contribution in [0.3, 0.4) is 0 Å². The molecule has 72 heavy (non-hydrogen) atoms. The molecule has 13 rings (SSSR count). The first-order valence-corrected chi connectivity index (χ1v) is 26.6. The van der Waals surface area contributed by atoms with E-state index in [1.807, 2.05) is 30.3 Å². The molecule has 0 radical (unpaired) electrons. The van der Waals surface area contributed by atoms with Gasteiger partial charge < -0.3 is 30.0 Å². The number of aryl methyl sites for hydroxylation is 1. The number of benzene rings is 3. The van der Waals surface area contributed by atoms with Crippen molar-refractivity contribution in [3.8, 4) is 28.8 Å². The summed E-state index contributed by atoms with van der Waals surface area (Å²) in [5.41, 5.74) is 5.09. The number of nitrogens with one attached hydrogen (secondary N) is 2. The van der Waals surface area contributed by atoms with E-state index in [2.05, 4.69) is 55.1 Å². The topological polar surface area (TPSA) is 150 Å². The maximum atomic E-state index is 17.2. The molecular weight excluding hydrogens is 908 g/mol. The summed E-state index contributed by atoms with van der Waals surface area (Å²) in [5.74, 6) is 7.60. The first kappa shape index (κ1) is 45.6. The quantitative estimate of drug-likeness (QED) is 0.111. The van der Waals surface area contributed by atoms with Crippen molar-refractivity contribution in [3.63, 3.8) is 0 Å². The highest BCUT2D eigenvalue weighted by Gasteiger charge is 2.49. The van der Waals surface area contributed by atoms with Crippen LogP contribution in [-0.4, -0.2) is 136 Å². The van der Waals surface area contributed by atoms with Crippen molar-refractivity contribution in [2.75, 3.05) is 75.2 Å². The van der Waals surface area contributed by atoms with E-state index in [1.165, 1.54) is 25.7 Å². The predicted octanol–water partition coefficient (Wildman–Crippen LogP) is 6.40. The third-order valence-electron chi connectivity index (χ3n) is 17.8. The van der Waals surface area contributed by atoms with Crippen LogP contribution in [0.2, 0.25) is 0 Å². The van der Waals surface area contributed by atoms with Crippen LogP contribution in [0.25, 0.3) is 32.9 Å². The molecule has 2 aliphatic carbocycles. The van der Waals surface area contributed by atoms with Crippen molar-refractivity contribution in [2.24, 2.45) is 16.7 Å². The number of halogens is 1. The monoisotopic (exact) mass is 971 g/mol. The number of hydrogen-bond acceptors (Lipinski definition) is 12. The van der Waals surface area contributed by atoms with Crippen LogP contribution >= 0.6 is 0 Å². The summed E-state index contributed by atoms with van der Waals surface area (Å²) < 4.78 is 17.2. The third kappa shape index (κ3) is 8.33. The number of piperidine rings is 2. The number of aromatic nitrogens is 3. The number of pyridine rings is 1. The molecule has 3 atom stereocenters. The van der Waals surface area contributed by atoms with Gasteiger partial charge in [0, 0.05) is 106 Å². The molecule has 2 unspecified atom stereocenters. The minimum atomic E-state index is -0.599. The fraction of sp³-hybridized carbons (Fsp3) is 0.509. The van der Waals surface area contributed by atoms with Gasteiger partial charge in [0.05, 0.1) is 5.39 Å². The number of phenols is 1. The van der Waals surface area contributed by atoms with Crippen LogP contribution in [0.5, 0.6) is 5.75 Å². The molecule has 2 aromatic heterocycles. The second kappa shape index (κ2) is 17.8. The SMILES string of the molecule is CCc1cccc2cc(O)cc(-c3ncc4c(N5CC6CCC(C5)N6)nc(C#CC5(CN6CCC7(CC6)CC(CN6CCN(c8ccc9c(c8)CN([C@H]8CCC(=O)NC8=O)C9=O)CC6)C7)CC5)nc4c3F)c12. The molecule has 372 valence electrons. The number of hydrogen-bond donors (Lipinski definition) is 3. The molecule has 3 aromatic carbocycles. The van der Waals surface area contributed by atoms with Crippen LogP contribution in [0.15, 0.2) is 54.7 Å². The van der Waals surface area contributed by atoms with Gasteiger partial charge in [0.1, 0.15) is 28.8 Å². The molecule has 2 bridgehead atoms. The largest absolute Gasteiger partial charge is 0.508 e. The van der Waals surface area contributed by atoms with Crippen LogP contribution in [0.1, 0.15) is 98.4 Å². The number of phenolic OH excluding ortho intramolecular Hbond substituents is 1. The first-order chi connectivity index (χ1) is 35.0. The van der Waals surface area contributed by atoms with Gasteiger partial charge in [-0.05, 0) is 147 Å². The molecule has 8 aliphatic rings. The average Bonchev–Trinajstić information content (AvgIpc) is 3.95. The van der Waals surface area contributed by atoms with Gasteiger partial charge in [-0.15, -0.1) is 0 Å². The number of carbonyl (C=O) groups is 3. The van der Waals surface area contributed by atoms with E-state index < -0.39 is 11.9 Å². The normalized spacial score (nSPS) is 24.9. The fourth-order valence-electron chi connectivity index (χ4n) is 13.8. The number of aromatic hydroxyl groups is 1. The Balaban J connectivity index is 0.642. The second-order valence-corrected chi connectivity index (χ2v) is 22.6. The molecule has 2 saturated carbocycles. The molecule has 5 saturated heterocycles. The number of nitrogens with zero attached hydrogens (tertiary/aromatic N) is 8. The lowest BCUT2D eigenvalue weighted by atomic mass is 9.57. The molecule has 14 nitrogen and oxygen atoms in total. The molecular formula is C57H63FN10O4. The van der Waals surface area contributed by atoms with E-state index >= 15 is 4.39 Å². The van der Waals surface area contributed by atoms with Crippen molar-refractivity contribution in [1.29, 1.82) is 0 Å². The van der Waals surface area contributed by atoms with E-state index in [4.69, 9.17) is 15.0 Å². The summed E-state index contributed by atoms with van der Waals surface area (Å²) in [6.07, 6.45) is 12.5. The van der Waals surface area contributed by atoms with E-state index in [9.17, 15) is 19.5 Å². The van der Waals surface area contributed by atoms with Crippen LogP contribution in [-0.2, 0) is 22.6 Å². The maximum Gasteiger partial charge on any atom is 0.255 e. The lowest BCUT2D eigenvalue weighted by Gasteiger charge is -2.54. The van der Waals surface area contributed by atoms with Crippen LogP contribution < -0.4 is 20.4 Å². The highest BCUT2D eigenvalue weighted by Crippen LogP contribution is 2.54. The number of rotatable bonds is 9. The zero-order valence-electron chi connectivity index (χ0n) is 41.2. The van der Waals surface area contributed by atoms with Gasteiger partial charge >= 0.3 is 0 Å². The highest BCUT2D eigenvalue weighted by atomic mass is 19.1. The Labute approximate surface area is 419 Å². The van der Waals surface area contributed by atoms with E-state index in [0.29, 0.717) is 58.6 Å². The van der Waals surface area contributed by atoms with Gasteiger partial charge in [0.2, 0.25) is 17.6 Å². The number of anilines is 2. The number of amides is 3. The van der Waals surface area contributed by atoms with Gasteiger partial charge in [-0.3, -0.25) is 29.6 Å². The van der Waals surface area contributed by atoms with Gasteiger partial charge in [0.15, 0.2) is 5.82 Å². The third-order valence-corrected chi connectivity index (χ3v) is 17.8. The summed E-state index contributed by atoms with van der Waals surface area (Å²) in [7, 11) is 0. The molecule has 7 fully saturated rings. The van der Waals surface area contributed by atoms with E-state index in [0.717, 1.165) is 131 Å². The van der Waals surface area contributed by atoms with Crippen molar-refractivity contribution in [3.05, 3.63) is 83.1 Å². The molecule has 3 N–H and O–H groups in total. The first-order valence-electron chi connectivity index (χ1n) is 26.6. The summed E-state index contributed by atoms with van der Waals surface area (Å²) in [6.45, 7) is 12.3. The van der Waals surface area contributed by atoms with Crippen LogP contribution in [0.4, 0.5) is 15.9 Å². The smallest absolute Gasteiger partial charge is 0.255 e. The summed E-state index contributed by atoms with van der Waals surface area (Å²) >= 11 is 0. The zero-order chi connectivity index (χ0) is 48.9. The Morgan fingerprint density at radius 1 is 0.861 bits per heavy atom. The number of likely N-dealkylation sites (tertiary alicyclic amines) is 1. The maximum absolute atomic E-state index is 17.2. The lowest BCUT2D eigenvalue weighted by molar-refractivity contribution is -0.136. The zero-order valence-corrected chi connectivity index (χ0v) is 41.2. The van der Waals surface area contributed by atoms with Crippen molar-refractivity contribution < 1.29 is 23.9 Å². The van der Waals surface area contributed by atoms with Crippen LogP contribution in [0, 0.1) is 34.4 Å². The van der Waals surface area contributed by atoms with Gasteiger partial charge in [-0.1, -0.05) is 31.0 Å². The molecule has 8 heterocycles. The summed E-state index contributed by atoms with van der Waals surface area (Å²) in [6, 6.07) is 15.5. The number of fused-ring (bicyclic) bond motifs is 5. The highest BCUT2D eigenvalue weighted by molar-refractivity contribution is 6.06. The Morgan fingerprint density at radius 3 is 2.40 bits per heavy atom. The van der Waals surface area contributed by atoms with Gasteiger partial charge in [-0.2, -0.15) is 0 Å². The van der Waals surface area contributed by atoms with E-state index in [-0.39, 0.29) is 46.5 Å². The number of imide groups is 1. The fourth-order valence-corrected chi connectivity index (χ4v) is 13.8. The number of piperazine rings is 2. The molecule has 3 amide bonds. The second-order valence-electron chi connectivity index (χ2n) is 22.6. The minimum absolute atomic E-state index is 0.0652. The Bertz CT molecular complexity index is 3090. The molecule has 1 spiro atoms. The van der Waals surface area contributed by atoms with Crippen molar-refractivity contribution in [1.82, 2.24) is 40.3 Å².